The number of nitrogens with zero attached hydrogens (tertiary/aromatic N) is 2. The van der Waals surface area contributed by atoms with Gasteiger partial charge in [0.05, 0.1) is 22.8 Å². The minimum Gasteiger partial charge on any atom is -0.396 e. The lowest BCUT2D eigenvalue weighted by Crippen LogP contribution is -1.97. The van der Waals surface area contributed by atoms with Crippen molar-refractivity contribution >= 4 is 28.6 Å². The third-order valence-corrected chi connectivity index (χ3v) is 2.82. The van der Waals surface area contributed by atoms with Crippen molar-refractivity contribution in [3.8, 4) is 0 Å². The van der Waals surface area contributed by atoms with E-state index in [0.29, 0.717) is 5.69 Å². The molecule has 2 N–H and O–H groups in total. The van der Waals surface area contributed by atoms with Crippen LogP contribution in [0.2, 0.25) is 4.34 Å². The van der Waals surface area contributed by atoms with Gasteiger partial charge in [0.25, 0.3) is 0 Å². The molecule has 0 saturated heterocycles. The van der Waals surface area contributed by atoms with Gasteiger partial charge in [0, 0.05) is 11.1 Å². The molecule has 0 unspecified atom stereocenters. The summed E-state index contributed by atoms with van der Waals surface area (Å²) in [5.74, 6) is 0. The summed E-state index contributed by atoms with van der Waals surface area (Å²) in [6.07, 6.45) is 3.43. The average molecular weight is 214 g/mol. The second-order valence-electron chi connectivity index (χ2n) is 2.68. The first kappa shape index (κ1) is 8.59. The molecule has 68 valence electrons. The van der Waals surface area contributed by atoms with E-state index in [1.54, 1.807) is 28.4 Å². The van der Waals surface area contributed by atoms with Crippen LogP contribution < -0.4 is 5.73 Å². The van der Waals surface area contributed by atoms with Crippen LogP contribution in [0.5, 0.6) is 0 Å². The highest BCUT2D eigenvalue weighted by molar-refractivity contribution is 7.16. The average Bonchev–Trinajstić information content (AvgIpc) is 2.62. The second kappa shape index (κ2) is 3.40. The molecular formula is C8H8ClN3S. The smallest absolute Gasteiger partial charge is 0.0931 e. The Hall–Kier alpha value is -1.000. The first-order valence-corrected chi connectivity index (χ1v) is 4.95. The maximum atomic E-state index is 5.80. The van der Waals surface area contributed by atoms with Gasteiger partial charge in [-0.1, -0.05) is 11.6 Å². The maximum absolute atomic E-state index is 5.80. The van der Waals surface area contributed by atoms with Gasteiger partial charge in [-0.3, -0.25) is 4.68 Å². The molecule has 13 heavy (non-hydrogen) atoms. The van der Waals surface area contributed by atoms with Crippen molar-refractivity contribution in [2.75, 3.05) is 5.73 Å². The summed E-state index contributed by atoms with van der Waals surface area (Å²) in [5.41, 5.74) is 6.21. The normalized spacial score (nSPS) is 10.5. The molecule has 0 bridgehead atoms. The van der Waals surface area contributed by atoms with Gasteiger partial charge in [-0.2, -0.15) is 5.10 Å². The Morgan fingerprint density at radius 3 is 2.92 bits per heavy atom. The largest absolute Gasteiger partial charge is 0.396 e. The molecule has 2 aromatic rings. The van der Waals surface area contributed by atoms with E-state index in [1.165, 1.54) is 4.88 Å². The van der Waals surface area contributed by atoms with Crippen molar-refractivity contribution in [3.05, 3.63) is 33.7 Å². The summed E-state index contributed by atoms with van der Waals surface area (Å²) in [4.78, 5) is 1.17. The molecule has 0 spiro atoms. The molecule has 5 heteroatoms. The zero-order valence-electron chi connectivity index (χ0n) is 6.77. The number of halogens is 1. The van der Waals surface area contributed by atoms with Crippen LogP contribution in [-0.2, 0) is 6.54 Å². The molecule has 0 aromatic carbocycles. The molecule has 2 heterocycles. The van der Waals surface area contributed by atoms with Crippen molar-refractivity contribution in [1.29, 1.82) is 0 Å². The highest BCUT2D eigenvalue weighted by Gasteiger charge is 1.99. The number of thiophene rings is 1. The number of anilines is 1. The third kappa shape index (κ3) is 2.02. The van der Waals surface area contributed by atoms with Gasteiger partial charge >= 0.3 is 0 Å². The number of hydrogen-bond acceptors (Lipinski definition) is 3. The van der Waals surface area contributed by atoms with Crippen LogP contribution in [0.25, 0.3) is 0 Å². The number of rotatable bonds is 2. The predicted octanol–water partition coefficient (Wildman–Crippen LogP) is 2.23. The molecule has 2 rings (SSSR count). The van der Waals surface area contributed by atoms with Gasteiger partial charge in [0.1, 0.15) is 0 Å². The standard InChI is InChI=1S/C8H8ClN3S/c9-8-2-1-7(13-8)5-12-4-6(10)3-11-12/h1-4H,5,10H2. The summed E-state index contributed by atoms with van der Waals surface area (Å²) in [6.45, 7) is 0.731. The SMILES string of the molecule is Nc1cnn(Cc2ccc(Cl)s2)c1. The van der Waals surface area contributed by atoms with Crippen molar-refractivity contribution < 1.29 is 0 Å². The minimum absolute atomic E-state index is 0.683. The van der Waals surface area contributed by atoms with Gasteiger partial charge in [-0.15, -0.1) is 11.3 Å². The van der Waals surface area contributed by atoms with E-state index in [9.17, 15) is 0 Å². The first-order valence-electron chi connectivity index (χ1n) is 3.76. The summed E-state index contributed by atoms with van der Waals surface area (Å²) in [5, 5.41) is 4.08. The lowest BCUT2D eigenvalue weighted by molar-refractivity contribution is 0.695. The van der Waals surface area contributed by atoms with Gasteiger partial charge in [-0.25, -0.2) is 0 Å². The van der Waals surface area contributed by atoms with Crippen LogP contribution in [0, 0.1) is 0 Å². The molecule has 0 radical (unpaired) electrons. The molecule has 3 nitrogen and oxygen atoms in total. The highest BCUT2D eigenvalue weighted by atomic mass is 35.5. The summed E-state index contributed by atoms with van der Waals surface area (Å²) in [6, 6.07) is 3.87. The van der Waals surface area contributed by atoms with E-state index >= 15 is 0 Å². The zero-order valence-corrected chi connectivity index (χ0v) is 8.35. The predicted molar refractivity (Wildman–Crippen MR) is 55.1 cm³/mol. The summed E-state index contributed by atoms with van der Waals surface area (Å²) in [7, 11) is 0. The molecule has 0 amide bonds. The Balaban J connectivity index is 2.14. The van der Waals surface area contributed by atoms with Gasteiger partial charge in [0.15, 0.2) is 0 Å². The number of hydrogen-bond donors (Lipinski definition) is 1. The summed E-state index contributed by atoms with van der Waals surface area (Å²) < 4.78 is 2.59. The van der Waals surface area contributed by atoms with Crippen molar-refractivity contribution in [3.63, 3.8) is 0 Å². The van der Waals surface area contributed by atoms with Crippen LogP contribution in [-0.4, -0.2) is 9.78 Å². The van der Waals surface area contributed by atoms with Gasteiger partial charge in [0.2, 0.25) is 0 Å². The lowest BCUT2D eigenvalue weighted by atomic mass is 10.5. The Morgan fingerprint density at radius 1 is 1.54 bits per heavy atom. The van der Waals surface area contributed by atoms with Crippen LogP contribution in [0.15, 0.2) is 24.5 Å². The van der Waals surface area contributed by atoms with E-state index < -0.39 is 0 Å². The molecule has 0 aliphatic heterocycles. The van der Waals surface area contributed by atoms with Crippen LogP contribution >= 0.6 is 22.9 Å². The fourth-order valence-electron chi connectivity index (χ4n) is 1.06. The molecule has 0 aliphatic carbocycles. The Labute approximate surface area is 84.7 Å². The molecule has 0 saturated carbocycles. The van der Waals surface area contributed by atoms with Crippen molar-refractivity contribution in [2.45, 2.75) is 6.54 Å². The lowest BCUT2D eigenvalue weighted by Gasteiger charge is -1.95. The molecular weight excluding hydrogens is 206 g/mol. The van der Waals surface area contributed by atoms with Gasteiger partial charge in [-0.05, 0) is 12.1 Å². The van der Waals surface area contributed by atoms with E-state index in [0.717, 1.165) is 10.9 Å². The topological polar surface area (TPSA) is 43.8 Å². The number of aromatic nitrogens is 2. The van der Waals surface area contributed by atoms with E-state index in [-0.39, 0.29) is 0 Å². The first-order chi connectivity index (χ1) is 6.24. The van der Waals surface area contributed by atoms with Crippen LogP contribution in [0.1, 0.15) is 4.88 Å². The number of nitrogens with two attached hydrogens (primary N) is 1. The second-order valence-corrected chi connectivity index (χ2v) is 4.48. The Morgan fingerprint density at radius 2 is 2.38 bits per heavy atom. The van der Waals surface area contributed by atoms with E-state index in [2.05, 4.69) is 5.10 Å². The maximum Gasteiger partial charge on any atom is 0.0931 e. The van der Waals surface area contributed by atoms with Gasteiger partial charge < -0.3 is 5.73 Å². The van der Waals surface area contributed by atoms with Crippen molar-refractivity contribution in [1.82, 2.24) is 9.78 Å². The minimum atomic E-state index is 0.683. The fourth-order valence-corrected chi connectivity index (χ4v) is 2.14. The molecule has 0 aliphatic rings. The van der Waals surface area contributed by atoms with E-state index in [1.807, 2.05) is 12.1 Å². The summed E-state index contributed by atoms with van der Waals surface area (Å²) >= 11 is 7.35. The fraction of sp³-hybridized carbons (Fsp3) is 0.125. The molecule has 2 aromatic heterocycles. The molecule has 0 atom stereocenters. The quantitative estimate of drug-likeness (QED) is 0.832. The van der Waals surface area contributed by atoms with Crippen LogP contribution in [0.4, 0.5) is 5.69 Å². The van der Waals surface area contributed by atoms with Crippen LogP contribution in [0.3, 0.4) is 0 Å². The van der Waals surface area contributed by atoms with Crippen molar-refractivity contribution in [2.24, 2.45) is 0 Å². The monoisotopic (exact) mass is 213 g/mol. The Kier molecular flexibility index (Phi) is 2.24. The zero-order chi connectivity index (χ0) is 9.26. The number of nitrogen functional groups attached to an aromatic ring is 1. The van der Waals surface area contributed by atoms with E-state index in [4.69, 9.17) is 17.3 Å². The Bertz CT molecular complexity index is 369. The highest BCUT2D eigenvalue weighted by Crippen LogP contribution is 2.22. The third-order valence-electron chi connectivity index (χ3n) is 1.60. The molecule has 0 fully saturated rings.